The molecule has 1 aliphatic rings. The Kier molecular flexibility index (Phi) is 5.44. The summed E-state index contributed by atoms with van der Waals surface area (Å²) in [6.07, 6.45) is -1.51. The number of fused-ring (bicyclic) bond motifs is 1. The molecule has 2 N–H and O–H groups in total. The SMILES string of the molecule is CC(C)(C)OC(=O)Nc1ccc2c(c1)N(Cc1ccccc1)CC(C(=O)O)O2. The molecule has 0 aromatic heterocycles. The van der Waals surface area contributed by atoms with Crippen molar-refractivity contribution in [3.8, 4) is 5.75 Å². The van der Waals surface area contributed by atoms with Gasteiger partial charge >= 0.3 is 12.1 Å². The summed E-state index contributed by atoms with van der Waals surface area (Å²) in [6.45, 7) is 6.10. The average Bonchev–Trinajstić information content (AvgIpc) is 2.61. The van der Waals surface area contributed by atoms with Gasteiger partial charge in [0.2, 0.25) is 6.10 Å². The first-order valence-electron chi connectivity index (χ1n) is 9.04. The number of ether oxygens (including phenoxy) is 2. The van der Waals surface area contributed by atoms with Crippen molar-refractivity contribution in [3.63, 3.8) is 0 Å². The summed E-state index contributed by atoms with van der Waals surface area (Å²) < 4.78 is 10.9. The Bertz CT molecular complexity index is 861. The summed E-state index contributed by atoms with van der Waals surface area (Å²) in [5, 5.41) is 12.1. The summed E-state index contributed by atoms with van der Waals surface area (Å²) in [7, 11) is 0. The number of hydrogen-bond acceptors (Lipinski definition) is 5. The largest absolute Gasteiger partial charge is 0.478 e. The Labute approximate surface area is 163 Å². The molecular formula is C21H24N2O5. The zero-order chi connectivity index (χ0) is 20.3. The second kappa shape index (κ2) is 7.80. The van der Waals surface area contributed by atoms with Crippen molar-refractivity contribution in [1.82, 2.24) is 0 Å². The maximum Gasteiger partial charge on any atom is 0.412 e. The molecule has 0 bridgehead atoms. The predicted octanol–water partition coefficient (Wildman–Crippen LogP) is 3.89. The number of benzene rings is 2. The van der Waals surface area contributed by atoms with Crippen LogP contribution in [0.2, 0.25) is 0 Å². The molecule has 0 saturated carbocycles. The monoisotopic (exact) mass is 384 g/mol. The first-order valence-corrected chi connectivity index (χ1v) is 9.04. The van der Waals surface area contributed by atoms with Crippen molar-refractivity contribution in [1.29, 1.82) is 0 Å². The molecule has 28 heavy (non-hydrogen) atoms. The van der Waals surface area contributed by atoms with Crippen LogP contribution in [-0.2, 0) is 16.1 Å². The number of amides is 1. The van der Waals surface area contributed by atoms with Crippen LogP contribution in [0.1, 0.15) is 26.3 Å². The molecular weight excluding hydrogens is 360 g/mol. The second-order valence-corrected chi connectivity index (χ2v) is 7.62. The second-order valence-electron chi connectivity index (χ2n) is 7.62. The van der Waals surface area contributed by atoms with Gasteiger partial charge in [-0.2, -0.15) is 0 Å². The number of nitrogens with zero attached hydrogens (tertiary/aromatic N) is 1. The smallest absolute Gasteiger partial charge is 0.412 e. The van der Waals surface area contributed by atoms with Crippen LogP contribution in [0.5, 0.6) is 5.75 Å². The molecule has 0 fully saturated rings. The summed E-state index contributed by atoms with van der Waals surface area (Å²) in [5.41, 5.74) is 1.71. The van der Waals surface area contributed by atoms with Crippen molar-refractivity contribution in [2.75, 3.05) is 16.8 Å². The van der Waals surface area contributed by atoms with Gasteiger partial charge in [0.15, 0.2) is 0 Å². The highest BCUT2D eigenvalue weighted by atomic mass is 16.6. The van der Waals surface area contributed by atoms with Crippen LogP contribution >= 0.6 is 0 Å². The molecule has 1 atom stereocenters. The van der Waals surface area contributed by atoms with E-state index in [2.05, 4.69) is 5.32 Å². The van der Waals surface area contributed by atoms with Gasteiger partial charge in [-0.15, -0.1) is 0 Å². The lowest BCUT2D eigenvalue weighted by molar-refractivity contribution is -0.144. The summed E-state index contributed by atoms with van der Waals surface area (Å²) >= 11 is 0. The summed E-state index contributed by atoms with van der Waals surface area (Å²) in [5.74, 6) is -0.552. The standard InChI is InChI=1S/C21H24N2O5/c1-21(2,3)28-20(26)22-15-9-10-17-16(11-15)23(13-18(27-17)19(24)25)12-14-7-5-4-6-8-14/h4-11,18H,12-13H2,1-3H3,(H,22,26)(H,24,25). The number of nitrogens with one attached hydrogen (secondary N) is 1. The van der Waals surface area contributed by atoms with E-state index >= 15 is 0 Å². The van der Waals surface area contributed by atoms with Gasteiger partial charge in [0, 0.05) is 12.2 Å². The van der Waals surface area contributed by atoms with Gasteiger partial charge < -0.3 is 19.5 Å². The molecule has 7 heteroatoms. The Morgan fingerprint density at radius 1 is 1.21 bits per heavy atom. The van der Waals surface area contributed by atoms with Crippen LogP contribution in [0.4, 0.5) is 16.2 Å². The van der Waals surface area contributed by atoms with Gasteiger partial charge in [-0.05, 0) is 44.5 Å². The van der Waals surface area contributed by atoms with Gasteiger partial charge in [-0.25, -0.2) is 9.59 Å². The normalized spacial score (nSPS) is 16.0. The van der Waals surface area contributed by atoms with Gasteiger partial charge in [0.1, 0.15) is 11.4 Å². The van der Waals surface area contributed by atoms with Crippen LogP contribution < -0.4 is 15.0 Å². The first kappa shape index (κ1) is 19.5. The van der Waals surface area contributed by atoms with Crippen LogP contribution in [0.3, 0.4) is 0 Å². The van der Waals surface area contributed by atoms with E-state index in [1.165, 1.54) is 0 Å². The fourth-order valence-electron chi connectivity index (χ4n) is 2.93. The highest BCUT2D eigenvalue weighted by Crippen LogP contribution is 2.37. The number of rotatable bonds is 4. The molecule has 7 nitrogen and oxygen atoms in total. The van der Waals surface area contributed by atoms with Gasteiger partial charge in [0.05, 0.1) is 12.2 Å². The fraction of sp³-hybridized carbons (Fsp3) is 0.333. The molecule has 2 aromatic rings. The summed E-state index contributed by atoms with van der Waals surface area (Å²) in [6, 6.07) is 14.8. The maximum atomic E-state index is 12.1. The Hall–Kier alpha value is -3.22. The molecule has 0 radical (unpaired) electrons. The van der Waals surface area contributed by atoms with Crippen molar-refractivity contribution in [2.24, 2.45) is 0 Å². The lowest BCUT2D eigenvalue weighted by atomic mass is 10.1. The predicted molar refractivity (Wildman–Crippen MR) is 106 cm³/mol. The highest BCUT2D eigenvalue weighted by Gasteiger charge is 2.31. The van der Waals surface area contributed by atoms with E-state index in [-0.39, 0.29) is 6.54 Å². The lowest BCUT2D eigenvalue weighted by Crippen LogP contribution is -2.44. The third-order valence-electron chi connectivity index (χ3n) is 4.09. The Balaban J connectivity index is 1.86. The molecule has 1 heterocycles. The van der Waals surface area contributed by atoms with E-state index in [0.29, 0.717) is 18.0 Å². The fourth-order valence-corrected chi connectivity index (χ4v) is 2.93. The first-order chi connectivity index (χ1) is 13.2. The number of anilines is 2. The van der Waals surface area contributed by atoms with Crippen LogP contribution in [-0.4, -0.2) is 35.4 Å². The topological polar surface area (TPSA) is 88.1 Å². The molecule has 1 unspecified atom stereocenters. The molecule has 3 rings (SSSR count). The Morgan fingerprint density at radius 3 is 2.57 bits per heavy atom. The van der Waals surface area contributed by atoms with Crippen LogP contribution in [0, 0.1) is 0 Å². The van der Waals surface area contributed by atoms with E-state index in [1.807, 2.05) is 35.2 Å². The number of carboxylic acid groups (broad SMARTS) is 1. The quantitative estimate of drug-likeness (QED) is 0.832. The summed E-state index contributed by atoms with van der Waals surface area (Å²) in [4.78, 5) is 25.5. The van der Waals surface area contributed by atoms with E-state index in [1.54, 1.807) is 39.0 Å². The van der Waals surface area contributed by atoms with E-state index in [9.17, 15) is 14.7 Å². The molecule has 0 spiro atoms. The number of aliphatic carboxylic acids is 1. The number of carbonyl (C=O) groups is 2. The Morgan fingerprint density at radius 2 is 1.93 bits per heavy atom. The number of carbonyl (C=O) groups excluding carboxylic acids is 1. The molecule has 148 valence electrons. The zero-order valence-electron chi connectivity index (χ0n) is 16.1. The van der Waals surface area contributed by atoms with Crippen molar-refractivity contribution < 1.29 is 24.2 Å². The minimum Gasteiger partial charge on any atom is -0.478 e. The zero-order valence-corrected chi connectivity index (χ0v) is 16.1. The van der Waals surface area contributed by atoms with E-state index in [0.717, 1.165) is 11.3 Å². The molecule has 0 aliphatic carbocycles. The van der Waals surface area contributed by atoms with Crippen molar-refractivity contribution in [3.05, 3.63) is 54.1 Å². The van der Waals surface area contributed by atoms with Gasteiger partial charge in [-0.3, -0.25) is 5.32 Å². The van der Waals surface area contributed by atoms with Crippen LogP contribution in [0.25, 0.3) is 0 Å². The van der Waals surface area contributed by atoms with E-state index < -0.39 is 23.8 Å². The molecule has 1 aliphatic heterocycles. The molecule has 2 aromatic carbocycles. The van der Waals surface area contributed by atoms with Crippen molar-refractivity contribution in [2.45, 2.75) is 39.0 Å². The molecule has 1 amide bonds. The van der Waals surface area contributed by atoms with Crippen LogP contribution in [0.15, 0.2) is 48.5 Å². The van der Waals surface area contributed by atoms with Gasteiger partial charge in [-0.1, -0.05) is 30.3 Å². The van der Waals surface area contributed by atoms with Gasteiger partial charge in [0.25, 0.3) is 0 Å². The van der Waals surface area contributed by atoms with E-state index in [4.69, 9.17) is 9.47 Å². The number of carboxylic acids is 1. The third-order valence-corrected chi connectivity index (χ3v) is 4.09. The highest BCUT2D eigenvalue weighted by molar-refractivity contribution is 5.87. The molecule has 0 saturated heterocycles. The lowest BCUT2D eigenvalue weighted by Gasteiger charge is -2.35. The average molecular weight is 384 g/mol. The maximum absolute atomic E-state index is 12.1. The van der Waals surface area contributed by atoms with Crippen molar-refractivity contribution >= 4 is 23.4 Å². The minimum atomic E-state index is -1.01. The minimum absolute atomic E-state index is 0.202. The number of hydrogen-bond donors (Lipinski definition) is 2. The third kappa shape index (κ3) is 4.94.